The maximum Gasteiger partial charge on any atom is 0.303 e. The smallest absolute Gasteiger partial charge is 0.303 e. The van der Waals surface area contributed by atoms with Crippen molar-refractivity contribution in [2.45, 2.75) is 37.7 Å². The molecule has 0 atom stereocenters. The molecule has 0 bridgehead atoms. The molecule has 2 aromatic heterocycles. The largest absolute Gasteiger partial charge is 0.481 e. The van der Waals surface area contributed by atoms with Gasteiger partial charge in [0.15, 0.2) is 5.82 Å². The molecule has 0 saturated carbocycles. The third-order valence-electron chi connectivity index (χ3n) is 5.16. The van der Waals surface area contributed by atoms with Crippen molar-refractivity contribution in [1.29, 1.82) is 0 Å². The molecule has 3 heterocycles. The summed E-state index contributed by atoms with van der Waals surface area (Å²) in [6.45, 7) is 1.58. The van der Waals surface area contributed by atoms with Gasteiger partial charge in [-0.25, -0.2) is 4.98 Å². The summed E-state index contributed by atoms with van der Waals surface area (Å²) < 4.78 is 2.02. The maximum absolute atomic E-state index is 12.1. The summed E-state index contributed by atoms with van der Waals surface area (Å²) in [6, 6.07) is 4.00. The van der Waals surface area contributed by atoms with Gasteiger partial charge in [-0.05, 0) is 31.4 Å². The Morgan fingerprint density at radius 2 is 2.00 bits per heavy atom. The van der Waals surface area contributed by atoms with E-state index in [-0.39, 0.29) is 25.3 Å². The average molecular weight is 374 g/mol. The molecule has 1 aliphatic heterocycles. The predicted molar refractivity (Wildman–Crippen MR) is 101 cm³/mol. The SMILES string of the molecule is CN(CC1(O)CCN(c2nccn3cccc23)CC1)C(=O)CCCC(=O)O. The Balaban J connectivity index is 1.55. The van der Waals surface area contributed by atoms with Gasteiger partial charge in [-0.2, -0.15) is 0 Å². The molecule has 2 aromatic rings. The van der Waals surface area contributed by atoms with Crippen LogP contribution in [-0.2, 0) is 9.59 Å². The highest BCUT2D eigenvalue weighted by Crippen LogP contribution is 2.28. The second-order valence-electron chi connectivity index (χ2n) is 7.26. The van der Waals surface area contributed by atoms with E-state index in [0.717, 1.165) is 11.3 Å². The van der Waals surface area contributed by atoms with Crippen molar-refractivity contribution in [3.63, 3.8) is 0 Å². The number of carboxylic acid groups (broad SMARTS) is 1. The van der Waals surface area contributed by atoms with Crippen molar-refractivity contribution >= 4 is 23.2 Å². The lowest BCUT2D eigenvalue weighted by Crippen LogP contribution is -2.51. The van der Waals surface area contributed by atoms with Gasteiger partial charge in [-0.3, -0.25) is 9.59 Å². The molecule has 0 spiro atoms. The van der Waals surface area contributed by atoms with E-state index in [2.05, 4.69) is 9.88 Å². The maximum atomic E-state index is 12.1. The Morgan fingerprint density at radius 1 is 1.26 bits per heavy atom. The Bertz CT molecular complexity index is 811. The number of amides is 1. The Hall–Kier alpha value is -2.61. The van der Waals surface area contributed by atoms with Crippen LogP contribution in [-0.4, -0.2) is 68.7 Å². The van der Waals surface area contributed by atoms with Crippen molar-refractivity contribution in [3.8, 4) is 0 Å². The summed E-state index contributed by atoms with van der Waals surface area (Å²) in [5, 5.41) is 19.6. The van der Waals surface area contributed by atoms with E-state index in [1.807, 2.05) is 28.9 Å². The van der Waals surface area contributed by atoms with Crippen molar-refractivity contribution in [3.05, 3.63) is 30.7 Å². The molecule has 27 heavy (non-hydrogen) atoms. The quantitative estimate of drug-likeness (QED) is 0.760. The predicted octanol–water partition coefficient (Wildman–Crippen LogP) is 1.38. The van der Waals surface area contributed by atoms with Crippen molar-refractivity contribution in [2.75, 3.05) is 31.6 Å². The number of carboxylic acids is 1. The molecule has 146 valence electrons. The first-order valence-corrected chi connectivity index (χ1v) is 9.23. The molecular formula is C19H26N4O4. The van der Waals surface area contributed by atoms with E-state index in [9.17, 15) is 14.7 Å². The Morgan fingerprint density at radius 3 is 2.70 bits per heavy atom. The molecule has 1 amide bonds. The number of aliphatic carboxylic acids is 1. The molecule has 0 aromatic carbocycles. The lowest BCUT2D eigenvalue weighted by molar-refractivity contribution is -0.137. The second-order valence-corrected chi connectivity index (χ2v) is 7.26. The standard InChI is InChI=1S/C19H26N4O4/c1-21(16(24)5-2-6-17(25)26)14-19(27)7-11-23(12-8-19)18-15-4-3-10-22(15)13-9-20-18/h3-4,9-10,13,27H,2,5-8,11-12,14H2,1H3,(H,25,26). The minimum atomic E-state index is -0.930. The number of fused-ring (bicyclic) bond motifs is 1. The minimum absolute atomic E-state index is 0.0168. The third kappa shape index (κ3) is 4.57. The molecule has 3 rings (SSSR count). The minimum Gasteiger partial charge on any atom is -0.481 e. The highest BCUT2D eigenvalue weighted by molar-refractivity contribution is 5.76. The highest BCUT2D eigenvalue weighted by Gasteiger charge is 2.35. The van der Waals surface area contributed by atoms with Crippen LogP contribution in [0.3, 0.4) is 0 Å². The van der Waals surface area contributed by atoms with Crippen LogP contribution in [0.25, 0.3) is 5.52 Å². The fraction of sp³-hybridized carbons (Fsp3) is 0.526. The fourth-order valence-electron chi connectivity index (χ4n) is 3.60. The number of aliphatic hydroxyl groups is 1. The molecular weight excluding hydrogens is 348 g/mol. The van der Waals surface area contributed by atoms with E-state index in [1.165, 1.54) is 4.90 Å². The second kappa shape index (κ2) is 7.96. The number of anilines is 1. The monoisotopic (exact) mass is 374 g/mol. The van der Waals surface area contributed by atoms with Gasteiger partial charge in [0, 0.05) is 58.1 Å². The number of carbonyl (C=O) groups is 2. The first-order chi connectivity index (χ1) is 12.9. The first kappa shape index (κ1) is 19.2. The number of nitrogens with zero attached hydrogens (tertiary/aromatic N) is 4. The van der Waals surface area contributed by atoms with Crippen LogP contribution < -0.4 is 4.90 Å². The Kier molecular flexibility index (Phi) is 5.65. The molecule has 8 heteroatoms. The zero-order valence-electron chi connectivity index (χ0n) is 15.5. The first-order valence-electron chi connectivity index (χ1n) is 9.23. The summed E-state index contributed by atoms with van der Waals surface area (Å²) in [6.07, 6.45) is 7.23. The number of rotatable bonds is 7. The van der Waals surface area contributed by atoms with Gasteiger partial charge >= 0.3 is 5.97 Å². The van der Waals surface area contributed by atoms with Crippen LogP contribution >= 0.6 is 0 Å². The Labute approximate surface area is 158 Å². The summed E-state index contributed by atoms with van der Waals surface area (Å²) in [4.78, 5) is 30.9. The van der Waals surface area contributed by atoms with Gasteiger partial charge in [-0.1, -0.05) is 0 Å². The zero-order chi connectivity index (χ0) is 19.4. The van der Waals surface area contributed by atoms with E-state index >= 15 is 0 Å². The van der Waals surface area contributed by atoms with Gasteiger partial charge in [0.2, 0.25) is 5.91 Å². The summed E-state index contributed by atoms with van der Waals surface area (Å²) in [7, 11) is 1.66. The molecule has 1 fully saturated rings. The van der Waals surface area contributed by atoms with Crippen LogP contribution in [0.5, 0.6) is 0 Å². The number of piperidine rings is 1. The number of hydrogen-bond acceptors (Lipinski definition) is 5. The van der Waals surface area contributed by atoms with Crippen molar-refractivity contribution < 1.29 is 19.8 Å². The lowest BCUT2D eigenvalue weighted by atomic mass is 9.90. The molecule has 1 saturated heterocycles. The van der Waals surface area contributed by atoms with Crippen molar-refractivity contribution in [2.24, 2.45) is 0 Å². The molecule has 0 aliphatic carbocycles. The van der Waals surface area contributed by atoms with E-state index in [1.54, 1.807) is 13.2 Å². The van der Waals surface area contributed by atoms with Gasteiger partial charge < -0.3 is 24.4 Å². The van der Waals surface area contributed by atoms with Crippen LogP contribution in [0, 0.1) is 0 Å². The fourth-order valence-corrected chi connectivity index (χ4v) is 3.60. The third-order valence-corrected chi connectivity index (χ3v) is 5.16. The molecule has 8 nitrogen and oxygen atoms in total. The number of carbonyl (C=O) groups excluding carboxylic acids is 1. The van der Waals surface area contributed by atoms with E-state index in [4.69, 9.17) is 5.11 Å². The average Bonchev–Trinajstić information content (AvgIpc) is 3.10. The van der Waals surface area contributed by atoms with Gasteiger partial charge in [-0.15, -0.1) is 0 Å². The van der Waals surface area contributed by atoms with Crippen molar-refractivity contribution in [1.82, 2.24) is 14.3 Å². The highest BCUT2D eigenvalue weighted by atomic mass is 16.4. The van der Waals surface area contributed by atoms with Crippen LogP contribution in [0.4, 0.5) is 5.82 Å². The molecule has 2 N–H and O–H groups in total. The number of aromatic nitrogens is 2. The summed E-state index contributed by atoms with van der Waals surface area (Å²) in [5.74, 6) is -0.127. The number of hydrogen-bond donors (Lipinski definition) is 2. The van der Waals surface area contributed by atoms with Gasteiger partial charge in [0.25, 0.3) is 0 Å². The summed E-state index contributed by atoms with van der Waals surface area (Å²) >= 11 is 0. The van der Waals surface area contributed by atoms with E-state index < -0.39 is 11.6 Å². The topological polar surface area (TPSA) is 98.4 Å². The van der Waals surface area contributed by atoms with E-state index in [0.29, 0.717) is 32.4 Å². The molecule has 0 radical (unpaired) electrons. The molecule has 0 unspecified atom stereocenters. The summed E-state index contributed by atoms with van der Waals surface area (Å²) in [5.41, 5.74) is 0.106. The van der Waals surface area contributed by atoms with Gasteiger partial charge in [0.1, 0.15) is 0 Å². The number of likely N-dealkylation sites (N-methyl/N-ethyl adjacent to an activating group) is 1. The van der Waals surface area contributed by atoms with Crippen LogP contribution in [0.2, 0.25) is 0 Å². The molecule has 1 aliphatic rings. The normalized spacial score (nSPS) is 16.4. The van der Waals surface area contributed by atoms with Gasteiger partial charge in [0.05, 0.1) is 11.1 Å². The lowest BCUT2D eigenvalue weighted by Gasteiger charge is -2.40. The zero-order valence-corrected chi connectivity index (χ0v) is 15.5. The van der Waals surface area contributed by atoms with Crippen LogP contribution in [0.15, 0.2) is 30.7 Å². The van der Waals surface area contributed by atoms with Crippen LogP contribution in [0.1, 0.15) is 32.1 Å².